The lowest BCUT2D eigenvalue weighted by Crippen LogP contribution is -2.32. The molecule has 0 radical (unpaired) electrons. The van der Waals surface area contributed by atoms with Gasteiger partial charge in [0, 0.05) is 26.6 Å². The molecular weight excluding hydrogens is 424 g/mol. The number of aliphatic hydroxyl groups excluding tert-OH is 2. The summed E-state index contributed by atoms with van der Waals surface area (Å²) in [6, 6.07) is 0. The first-order chi connectivity index (χ1) is 16.0. The van der Waals surface area contributed by atoms with Crippen molar-refractivity contribution >= 4 is 11.9 Å². The van der Waals surface area contributed by atoms with E-state index in [1.54, 1.807) is 0 Å². The number of carbonyl (C=O) groups is 2. The number of nitrogens with one attached hydrogen (secondary N) is 1. The molecule has 0 aliphatic rings. The minimum atomic E-state index is -0.274. The third-order valence-electron chi connectivity index (χ3n) is 4.91. The molecule has 8 heteroatoms. The van der Waals surface area contributed by atoms with Crippen LogP contribution in [0.5, 0.6) is 0 Å². The van der Waals surface area contributed by atoms with E-state index >= 15 is 0 Å². The third-order valence-corrected chi connectivity index (χ3v) is 4.91. The van der Waals surface area contributed by atoms with Gasteiger partial charge in [-0.3, -0.25) is 14.5 Å². The van der Waals surface area contributed by atoms with Gasteiger partial charge in [-0.05, 0) is 51.1 Å². The highest BCUT2D eigenvalue weighted by Crippen LogP contribution is 2.13. The van der Waals surface area contributed by atoms with Crippen LogP contribution in [0, 0.1) is 5.92 Å². The standard InChI is InChI=1S/C25H44N2O6/c1-3-24(11-6-4-8-21-32-23(2)30)12-7-5-9-22-33-25(31)13-15-26-14-10-16-27(17-19-28)18-20-29/h3-5,7-8,24,26,28-29H,1,6,9-22H2,2H3/b7-5-,8-4+. The molecule has 0 amide bonds. The fourth-order valence-corrected chi connectivity index (χ4v) is 3.06. The van der Waals surface area contributed by atoms with Gasteiger partial charge in [0.25, 0.3) is 0 Å². The summed E-state index contributed by atoms with van der Waals surface area (Å²) in [5, 5.41) is 21.2. The van der Waals surface area contributed by atoms with Crippen LogP contribution >= 0.6 is 0 Å². The van der Waals surface area contributed by atoms with E-state index in [9.17, 15) is 9.59 Å². The van der Waals surface area contributed by atoms with E-state index in [1.807, 2.05) is 29.2 Å². The number of aliphatic hydroxyl groups is 2. The normalized spacial score (nSPS) is 12.5. The average Bonchev–Trinajstić information content (AvgIpc) is 2.79. The van der Waals surface area contributed by atoms with E-state index in [1.165, 1.54) is 6.92 Å². The number of carbonyl (C=O) groups excluding carboxylic acids is 2. The quantitative estimate of drug-likeness (QED) is 0.126. The molecule has 0 aliphatic heterocycles. The Morgan fingerprint density at radius 1 is 1.00 bits per heavy atom. The molecular formula is C25H44N2O6. The van der Waals surface area contributed by atoms with Gasteiger partial charge in [0.15, 0.2) is 0 Å². The second kappa shape index (κ2) is 23.2. The molecule has 0 fully saturated rings. The molecule has 3 N–H and O–H groups in total. The van der Waals surface area contributed by atoms with E-state index in [2.05, 4.69) is 18.0 Å². The van der Waals surface area contributed by atoms with Gasteiger partial charge in [0.1, 0.15) is 6.61 Å². The molecule has 33 heavy (non-hydrogen) atoms. The second-order valence-electron chi connectivity index (χ2n) is 7.71. The van der Waals surface area contributed by atoms with E-state index in [0.29, 0.717) is 51.6 Å². The van der Waals surface area contributed by atoms with Crippen LogP contribution in [0.2, 0.25) is 0 Å². The van der Waals surface area contributed by atoms with Gasteiger partial charge in [-0.15, -0.1) is 6.58 Å². The highest BCUT2D eigenvalue weighted by Gasteiger charge is 2.04. The van der Waals surface area contributed by atoms with Crippen LogP contribution in [-0.2, 0) is 19.1 Å². The van der Waals surface area contributed by atoms with Crippen molar-refractivity contribution in [3.05, 3.63) is 37.0 Å². The van der Waals surface area contributed by atoms with E-state index in [0.717, 1.165) is 38.8 Å². The number of allylic oxidation sites excluding steroid dienone is 3. The predicted octanol–water partition coefficient (Wildman–Crippen LogP) is 2.22. The van der Waals surface area contributed by atoms with Crippen molar-refractivity contribution < 1.29 is 29.3 Å². The minimum Gasteiger partial charge on any atom is -0.465 e. The predicted molar refractivity (Wildman–Crippen MR) is 131 cm³/mol. The fourth-order valence-electron chi connectivity index (χ4n) is 3.06. The Kier molecular flexibility index (Phi) is 21.8. The number of hydrogen-bond donors (Lipinski definition) is 3. The number of esters is 2. The highest BCUT2D eigenvalue weighted by atomic mass is 16.5. The lowest BCUT2D eigenvalue weighted by atomic mass is 9.99. The van der Waals surface area contributed by atoms with Crippen LogP contribution in [0.4, 0.5) is 0 Å². The summed E-state index contributed by atoms with van der Waals surface area (Å²) in [6.45, 7) is 9.41. The monoisotopic (exact) mass is 468 g/mol. The first-order valence-corrected chi connectivity index (χ1v) is 11.9. The molecule has 1 unspecified atom stereocenters. The summed E-state index contributed by atoms with van der Waals surface area (Å²) in [5.74, 6) is -0.0976. The highest BCUT2D eigenvalue weighted by molar-refractivity contribution is 5.69. The summed E-state index contributed by atoms with van der Waals surface area (Å²) in [7, 11) is 0. The van der Waals surface area contributed by atoms with Crippen molar-refractivity contribution in [1.82, 2.24) is 10.2 Å². The molecule has 8 nitrogen and oxygen atoms in total. The van der Waals surface area contributed by atoms with Gasteiger partial charge in [-0.2, -0.15) is 0 Å². The summed E-state index contributed by atoms with van der Waals surface area (Å²) in [4.78, 5) is 24.5. The number of hydrogen-bond acceptors (Lipinski definition) is 8. The molecule has 0 aromatic carbocycles. The number of nitrogens with zero attached hydrogens (tertiary/aromatic N) is 1. The summed E-state index contributed by atoms with van der Waals surface area (Å²) in [6.07, 6.45) is 14.6. The van der Waals surface area contributed by atoms with Crippen molar-refractivity contribution in [1.29, 1.82) is 0 Å². The van der Waals surface area contributed by atoms with E-state index < -0.39 is 0 Å². The maximum atomic E-state index is 11.8. The zero-order valence-electron chi connectivity index (χ0n) is 20.3. The smallest absolute Gasteiger partial charge is 0.307 e. The molecule has 0 aliphatic carbocycles. The summed E-state index contributed by atoms with van der Waals surface area (Å²) in [5.41, 5.74) is 0. The van der Waals surface area contributed by atoms with Crippen LogP contribution in [0.15, 0.2) is 37.0 Å². The van der Waals surface area contributed by atoms with Gasteiger partial charge in [0.2, 0.25) is 0 Å². The van der Waals surface area contributed by atoms with Crippen LogP contribution in [-0.4, -0.2) is 86.2 Å². The topological polar surface area (TPSA) is 108 Å². The van der Waals surface area contributed by atoms with Crippen LogP contribution in [0.25, 0.3) is 0 Å². The minimum absolute atomic E-state index is 0.0844. The van der Waals surface area contributed by atoms with Crippen molar-refractivity contribution in [3.63, 3.8) is 0 Å². The summed E-state index contributed by atoms with van der Waals surface area (Å²) < 4.78 is 10.1. The number of ether oxygens (including phenoxy) is 2. The molecule has 1 atom stereocenters. The van der Waals surface area contributed by atoms with Crippen LogP contribution in [0.3, 0.4) is 0 Å². The Morgan fingerprint density at radius 2 is 1.73 bits per heavy atom. The SMILES string of the molecule is C=CC(C/C=C\CCOC(=O)CCNCCCN(CCO)CCO)CC/C=C/COC(C)=O. The molecule has 0 spiro atoms. The van der Waals surface area contributed by atoms with Gasteiger partial charge in [-0.25, -0.2) is 0 Å². The molecule has 0 saturated carbocycles. The van der Waals surface area contributed by atoms with Gasteiger partial charge >= 0.3 is 11.9 Å². The largest absolute Gasteiger partial charge is 0.465 e. The van der Waals surface area contributed by atoms with Crippen molar-refractivity contribution in [2.45, 2.75) is 45.4 Å². The van der Waals surface area contributed by atoms with Crippen molar-refractivity contribution in [2.75, 3.05) is 59.2 Å². The Labute approximate surface area is 199 Å². The van der Waals surface area contributed by atoms with Crippen molar-refractivity contribution in [2.24, 2.45) is 5.92 Å². The molecule has 0 aromatic rings. The van der Waals surface area contributed by atoms with Crippen LogP contribution < -0.4 is 5.32 Å². The molecule has 190 valence electrons. The Morgan fingerprint density at radius 3 is 2.39 bits per heavy atom. The number of rotatable bonds is 22. The average molecular weight is 469 g/mol. The first kappa shape index (κ1) is 31.0. The Bertz CT molecular complexity index is 559. The maximum Gasteiger partial charge on any atom is 0.307 e. The van der Waals surface area contributed by atoms with Gasteiger partial charge in [-0.1, -0.05) is 30.4 Å². The second-order valence-corrected chi connectivity index (χ2v) is 7.71. The van der Waals surface area contributed by atoms with Crippen LogP contribution in [0.1, 0.15) is 45.4 Å². The van der Waals surface area contributed by atoms with Gasteiger partial charge in [0.05, 0.1) is 26.2 Å². The lowest BCUT2D eigenvalue weighted by molar-refractivity contribution is -0.143. The summed E-state index contributed by atoms with van der Waals surface area (Å²) >= 11 is 0. The fraction of sp³-hybridized carbons (Fsp3) is 0.680. The Balaban J connectivity index is 3.70. The Hall–Kier alpha value is -2.00. The molecule has 0 bridgehead atoms. The van der Waals surface area contributed by atoms with Crippen molar-refractivity contribution in [3.8, 4) is 0 Å². The lowest BCUT2D eigenvalue weighted by Gasteiger charge is -2.19. The molecule has 0 saturated heterocycles. The maximum absolute atomic E-state index is 11.8. The molecule has 0 rings (SSSR count). The molecule has 0 aromatic heterocycles. The first-order valence-electron chi connectivity index (χ1n) is 11.9. The third kappa shape index (κ3) is 21.6. The van der Waals surface area contributed by atoms with Gasteiger partial charge < -0.3 is 25.0 Å². The zero-order valence-corrected chi connectivity index (χ0v) is 20.3. The zero-order chi connectivity index (χ0) is 24.6. The van der Waals surface area contributed by atoms with E-state index in [-0.39, 0.29) is 25.2 Å². The molecule has 0 heterocycles. The van der Waals surface area contributed by atoms with E-state index in [4.69, 9.17) is 19.7 Å².